The molecule has 7 heteroatoms. The molecule has 2 aromatic rings. The molecule has 1 amide bonds. The molecule has 2 aromatic heterocycles. The van der Waals surface area contributed by atoms with Crippen LogP contribution in [0, 0.1) is 5.92 Å². The first kappa shape index (κ1) is 15.1. The summed E-state index contributed by atoms with van der Waals surface area (Å²) in [5.41, 5.74) is 1.21. The van der Waals surface area contributed by atoms with Gasteiger partial charge in [-0.05, 0) is 12.8 Å². The summed E-state index contributed by atoms with van der Waals surface area (Å²) < 4.78 is 2.07. The zero-order valence-electron chi connectivity index (χ0n) is 13.2. The van der Waals surface area contributed by atoms with Gasteiger partial charge in [0.05, 0.1) is 18.8 Å². The van der Waals surface area contributed by atoms with E-state index in [2.05, 4.69) is 45.8 Å². The molecular weight excluding hydrogens is 298 g/mol. The van der Waals surface area contributed by atoms with Crippen LogP contribution in [0.1, 0.15) is 42.9 Å². The molecule has 0 fully saturated rings. The lowest BCUT2D eigenvalue weighted by atomic mass is 9.97. The molecule has 0 aliphatic carbocycles. The molecule has 22 heavy (non-hydrogen) atoms. The summed E-state index contributed by atoms with van der Waals surface area (Å²) in [5, 5.41) is 13.2. The van der Waals surface area contributed by atoms with Crippen LogP contribution in [-0.4, -0.2) is 25.7 Å². The van der Waals surface area contributed by atoms with E-state index in [1.165, 1.54) is 5.69 Å². The van der Waals surface area contributed by atoms with Gasteiger partial charge in [0.1, 0.15) is 10.0 Å². The third kappa shape index (κ3) is 3.19. The molecule has 6 nitrogen and oxygen atoms in total. The van der Waals surface area contributed by atoms with Gasteiger partial charge in [0.25, 0.3) is 0 Å². The zero-order chi connectivity index (χ0) is 15.7. The predicted octanol–water partition coefficient (Wildman–Crippen LogP) is 1.91. The average Bonchev–Trinajstić information content (AvgIpc) is 3.12. The lowest BCUT2D eigenvalue weighted by Gasteiger charge is -2.23. The minimum absolute atomic E-state index is 0.00111. The number of aryl methyl sites for hydroxylation is 1. The molecule has 0 spiro atoms. The van der Waals surface area contributed by atoms with Crippen LogP contribution in [0.5, 0.6) is 0 Å². The first-order chi connectivity index (χ1) is 10.4. The highest BCUT2D eigenvalue weighted by Gasteiger charge is 2.25. The maximum Gasteiger partial charge on any atom is 0.225 e. The molecule has 3 heterocycles. The van der Waals surface area contributed by atoms with Crippen molar-refractivity contribution in [3.63, 3.8) is 0 Å². The first-order valence-electron chi connectivity index (χ1n) is 7.53. The standard InChI is InChI=1S/C15H21N5OS/c1-15(2,3)14-19-18-12(22-14)7-17-13(21)10-4-5-11-6-16-9-20(11)8-10/h6,9-10H,4-5,7-8H2,1-3H3,(H,17,21). The van der Waals surface area contributed by atoms with Gasteiger partial charge in [-0.15, -0.1) is 10.2 Å². The van der Waals surface area contributed by atoms with Crippen LogP contribution >= 0.6 is 11.3 Å². The van der Waals surface area contributed by atoms with Crippen molar-refractivity contribution in [2.24, 2.45) is 5.92 Å². The van der Waals surface area contributed by atoms with Crippen LogP contribution < -0.4 is 5.32 Å². The van der Waals surface area contributed by atoms with Gasteiger partial charge in [-0.1, -0.05) is 32.1 Å². The molecule has 1 unspecified atom stereocenters. The van der Waals surface area contributed by atoms with Crippen LogP contribution in [0.4, 0.5) is 0 Å². The van der Waals surface area contributed by atoms with Gasteiger partial charge in [-0.2, -0.15) is 0 Å². The molecule has 0 bridgehead atoms. The van der Waals surface area contributed by atoms with Crippen LogP contribution in [0.15, 0.2) is 12.5 Å². The van der Waals surface area contributed by atoms with Crippen LogP contribution in [0.2, 0.25) is 0 Å². The summed E-state index contributed by atoms with van der Waals surface area (Å²) in [4.78, 5) is 16.4. The second kappa shape index (κ2) is 5.79. The van der Waals surface area contributed by atoms with Gasteiger partial charge in [-0.3, -0.25) is 4.79 Å². The second-order valence-corrected chi connectivity index (χ2v) is 7.80. The summed E-state index contributed by atoms with van der Waals surface area (Å²) in [5.74, 6) is 0.101. The van der Waals surface area contributed by atoms with Crippen molar-refractivity contribution in [2.75, 3.05) is 0 Å². The smallest absolute Gasteiger partial charge is 0.225 e. The van der Waals surface area contributed by atoms with E-state index < -0.39 is 0 Å². The Morgan fingerprint density at radius 1 is 1.45 bits per heavy atom. The highest BCUT2D eigenvalue weighted by Crippen LogP contribution is 2.25. The molecule has 1 N–H and O–H groups in total. The van der Waals surface area contributed by atoms with Crippen molar-refractivity contribution in [1.29, 1.82) is 0 Å². The number of aromatic nitrogens is 4. The minimum Gasteiger partial charge on any atom is -0.349 e. The quantitative estimate of drug-likeness (QED) is 0.938. The van der Waals surface area contributed by atoms with Gasteiger partial charge in [-0.25, -0.2) is 4.98 Å². The fourth-order valence-electron chi connectivity index (χ4n) is 2.52. The molecule has 1 aliphatic rings. The molecule has 0 aromatic carbocycles. The number of amides is 1. The van der Waals surface area contributed by atoms with Crippen molar-refractivity contribution < 1.29 is 4.79 Å². The van der Waals surface area contributed by atoms with E-state index in [0.717, 1.165) is 22.9 Å². The van der Waals surface area contributed by atoms with Crippen LogP contribution in [0.3, 0.4) is 0 Å². The predicted molar refractivity (Wildman–Crippen MR) is 84.5 cm³/mol. The largest absolute Gasteiger partial charge is 0.349 e. The molecule has 0 saturated heterocycles. The van der Waals surface area contributed by atoms with Crippen molar-refractivity contribution in [3.8, 4) is 0 Å². The van der Waals surface area contributed by atoms with Gasteiger partial charge in [0, 0.05) is 23.9 Å². The number of carbonyl (C=O) groups excluding carboxylic acids is 1. The average molecular weight is 319 g/mol. The SMILES string of the molecule is CC(C)(C)c1nnc(CNC(=O)C2CCc3cncn3C2)s1. The fourth-order valence-corrected chi connectivity index (χ4v) is 3.36. The highest BCUT2D eigenvalue weighted by atomic mass is 32.1. The monoisotopic (exact) mass is 319 g/mol. The van der Waals surface area contributed by atoms with Crippen molar-refractivity contribution >= 4 is 17.2 Å². The van der Waals surface area contributed by atoms with Crippen LogP contribution in [0.25, 0.3) is 0 Å². The Morgan fingerprint density at radius 3 is 3.00 bits per heavy atom. The van der Waals surface area contributed by atoms with Crippen molar-refractivity contribution in [3.05, 3.63) is 28.2 Å². The number of fused-ring (bicyclic) bond motifs is 1. The first-order valence-corrected chi connectivity index (χ1v) is 8.35. The zero-order valence-corrected chi connectivity index (χ0v) is 14.0. The number of rotatable bonds is 3. The van der Waals surface area contributed by atoms with Crippen molar-refractivity contribution in [1.82, 2.24) is 25.1 Å². The van der Waals surface area contributed by atoms with E-state index in [4.69, 9.17) is 0 Å². The molecular formula is C15H21N5OS. The Labute approximate surface area is 134 Å². The van der Waals surface area contributed by atoms with E-state index in [0.29, 0.717) is 13.1 Å². The number of hydrogen-bond donors (Lipinski definition) is 1. The molecule has 118 valence electrons. The number of nitrogens with one attached hydrogen (secondary N) is 1. The summed E-state index contributed by atoms with van der Waals surface area (Å²) in [7, 11) is 0. The summed E-state index contributed by atoms with van der Waals surface area (Å²) in [6, 6.07) is 0. The van der Waals surface area contributed by atoms with Gasteiger partial charge >= 0.3 is 0 Å². The molecule has 1 aliphatic heterocycles. The van der Waals surface area contributed by atoms with Gasteiger partial charge < -0.3 is 9.88 Å². The Kier molecular flexibility index (Phi) is 3.99. The van der Waals surface area contributed by atoms with E-state index >= 15 is 0 Å². The lowest BCUT2D eigenvalue weighted by molar-refractivity contribution is -0.126. The Morgan fingerprint density at radius 2 is 2.27 bits per heavy atom. The Bertz CT molecular complexity index is 670. The molecule has 0 radical (unpaired) electrons. The maximum absolute atomic E-state index is 12.3. The Hall–Kier alpha value is -1.76. The molecule has 1 atom stereocenters. The Balaban J connectivity index is 1.56. The third-order valence-corrected chi connectivity index (χ3v) is 5.21. The topological polar surface area (TPSA) is 72.7 Å². The highest BCUT2D eigenvalue weighted by molar-refractivity contribution is 7.11. The van der Waals surface area contributed by atoms with Gasteiger partial charge in [0.2, 0.25) is 5.91 Å². The van der Waals surface area contributed by atoms with E-state index in [1.807, 2.05) is 6.20 Å². The number of hydrogen-bond acceptors (Lipinski definition) is 5. The second-order valence-electron chi connectivity index (χ2n) is 6.74. The normalized spacial score (nSPS) is 18.0. The molecule has 3 rings (SSSR count). The molecule has 0 saturated carbocycles. The van der Waals surface area contributed by atoms with Crippen LogP contribution in [-0.2, 0) is 29.7 Å². The van der Waals surface area contributed by atoms with Crippen molar-refractivity contribution in [2.45, 2.75) is 52.1 Å². The van der Waals surface area contributed by atoms with E-state index in [9.17, 15) is 4.79 Å². The number of imidazole rings is 1. The lowest BCUT2D eigenvalue weighted by Crippen LogP contribution is -2.35. The summed E-state index contributed by atoms with van der Waals surface area (Å²) >= 11 is 1.57. The summed E-state index contributed by atoms with van der Waals surface area (Å²) in [6.07, 6.45) is 5.46. The van der Waals surface area contributed by atoms with Gasteiger partial charge in [0.15, 0.2) is 0 Å². The van der Waals surface area contributed by atoms with E-state index in [-0.39, 0.29) is 17.2 Å². The maximum atomic E-state index is 12.3. The fraction of sp³-hybridized carbons (Fsp3) is 0.600. The number of nitrogens with zero attached hydrogens (tertiary/aromatic N) is 4. The van der Waals surface area contributed by atoms with E-state index in [1.54, 1.807) is 17.7 Å². The third-order valence-electron chi connectivity index (χ3n) is 3.86. The number of carbonyl (C=O) groups is 1. The summed E-state index contributed by atoms with van der Waals surface area (Å²) in [6.45, 7) is 7.51. The minimum atomic E-state index is 0.00111.